The summed E-state index contributed by atoms with van der Waals surface area (Å²) in [6.45, 7) is 8.66. The number of hydrogen-bond acceptors (Lipinski definition) is 4. The fraction of sp³-hybridized carbons (Fsp3) is 0.412. The van der Waals surface area contributed by atoms with E-state index >= 15 is 0 Å². The quantitative estimate of drug-likeness (QED) is 0.926. The summed E-state index contributed by atoms with van der Waals surface area (Å²) >= 11 is 1.86. The first-order valence-corrected chi connectivity index (χ1v) is 8.14. The van der Waals surface area contributed by atoms with Crippen LogP contribution >= 0.6 is 11.3 Å². The second-order valence-corrected chi connectivity index (χ2v) is 6.91. The minimum Gasteiger partial charge on any atom is -0.486 e. The summed E-state index contributed by atoms with van der Waals surface area (Å²) in [5.74, 6) is 1.71. The van der Waals surface area contributed by atoms with E-state index in [4.69, 9.17) is 9.47 Å². The predicted octanol–water partition coefficient (Wildman–Crippen LogP) is 3.99. The Morgan fingerprint density at radius 1 is 1.14 bits per heavy atom. The van der Waals surface area contributed by atoms with Gasteiger partial charge in [0, 0.05) is 22.3 Å². The standard InChI is InChI=1S/C17H21NO2S/c1-11-8-15(13(3)21-11)12(2)18-10-14-4-5-16-17(9-14)20-7-6-19-16/h4-5,8-9,12,18H,6-7,10H2,1-3H3. The molecule has 0 bridgehead atoms. The van der Waals surface area contributed by atoms with Crippen LogP contribution in [0.3, 0.4) is 0 Å². The second-order valence-electron chi connectivity index (χ2n) is 5.45. The van der Waals surface area contributed by atoms with Crippen molar-refractivity contribution in [1.29, 1.82) is 0 Å². The molecule has 2 aromatic rings. The van der Waals surface area contributed by atoms with Gasteiger partial charge >= 0.3 is 0 Å². The maximum absolute atomic E-state index is 5.63. The molecule has 1 atom stereocenters. The van der Waals surface area contributed by atoms with Crippen LogP contribution in [0.5, 0.6) is 11.5 Å². The van der Waals surface area contributed by atoms with Crippen molar-refractivity contribution in [3.05, 3.63) is 45.1 Å². The van der Waals surface area contributed by atoms with Crippen LogP contribution in [-0.2, 0) is 6.54 Å². The molecule has 1 unspecified atom stereocenters. The Hall–Kier alpha value is -1.52. The van der Waals surface area contributed by atoms with E-state index in [2.05, 4.69) is 44.3 Å². The van der Waals surface area contributed by atoms with Crippen LogP contribution in [0.1, 0.15) is 33.8 Å². The number of rotatable bonds is 4. The zero-order valence-corrected chi connectivity index (χ0v) is 13.5. The largest absolute Gasteiger partial charge is 0.486 e. The van der Waals surface area contributed by atoms with Crippen molar-refractivity contribution in [2.45, 2.75) is 33.4 Å². The molecule has 2 heterocycles. The van der Waals surface area contributed by atoms with Crippen molar-refractivity contribution in [2.24, 2.45) is 0 Å². The number of aryl methyl sites for hydroxylation is 2. The molecule has 3 nitrogen and oxygen atoms in total. The Morgan fingerprint density at radius 2 is 1.90 bits per heavy atom. The Labute approximate surface area is 129 Å². The first kappa shape index (κ1) is 14.4. The molecule has 0 saturated heterocycles. The fourth-order valence-corrected chi connectivity index (χ4v) is 3.68. The summed E-state index contributed by atoms with van der Waals surface area (Å²) in [6.07, 6.45) is 0. The second kappa shape index (κ2) is 6.08. The average Bonchev–Trinajstić information content (AvgIpc) is 2.83. The van der Waals surface area contributed by atoms with Gasteiger partial charge in [-0.05, 0) is 50.1 Å². The third-order valence-electron chi connectivity index (χ3n) is 3.76. The lowest BCUT2D eigenvalue weighted by Gasteiger charge is -2.19. The summed E-state index contributed by atoms with van der Waals surface area (Å²) in [6, 6.07) is 8.79. The maximum Gasteiger partial charge on any atom is 0.161 e. The Kier molecular flexibility index (Phi) is 4.17. The fourth-order valence-electron chi connectivity index (χ4n) is 2.66. The normalized spacial score (nSPS) is 15.0. The summed E-state index contributed by atoms with van der Waals surface area (Å²) in [5.41, 5.74) is 2.62. The number of hydrogen-bond donors (Lipinski definition) is 1. The molecule has 1 aliphatic rings. The average molecular weight is 303 g/mol. The zero-order valence-electron chi connectivity index (χ0n) is 12.7. The summed E-state index contributed by atoms with van der Waals surface area (Å²) in [5, 5.41) is 3.59. The van der Waals surface area contributed by atoms with E-state index in [9.17, 15) is 0 Å². The molecule has 1 N–H and O–H groups in total. The van der Waals surface area contributed by atoms with Gasteiger partial charge in [-0.1, -0.05) is 6.07 Å². The minimum atomic E-state index is 0.350. The third-order valence-corrected chi connectivity index (χ3v) is 4.75. The molecule has 4 heteroatoms. The smallest absolute Gasteiger partial charge is 0.161 e. The number of nitrogens with one attached hydrogen (secondary N) is 1. The van der Waals surface area contributed by atoms with Gasteiger partial charge < -0.3 is 14.8 Å². The van der Waals surface area contributed by atoms with Crippen LogP contribution in [-0.4, -0.2) is 13.2 Å². The van der Waals surface area contributed by atoms with E-state index in [0.717, 1.165) is 18.0 Å². The van der Waals surface area contributed by atoms with Crippen molar-refractivity contribution < 1.29 is 9.47 Å². The molecule has 0 aliphatic carbocycles. The molecule has 0 saturated carbocycles. The molecule has 1 aromatic heterocycles. The summed E-state index contributed by atoms with van der Waals surface area (Å²) in [4.78, 5) is 2.77. The van der Waals surface area contributed by atoms with Crippen LogP contribution in [0.25, 0.3) is 0 Å². The lowest BCUT2D eigenvalue weighted by atomic mass is 10.1. The molecule has 0 fully saturated rings. The monoisotopic (exact) mass is 303 g/mol. The predicted molar refractivity (Wildman–Crippen MR) is 86.5 cm³/mol. The molecule has 21 heavy (non-hydrogen) atoms. The number of fused-ring (bicyclic) bond motifs is 1. The van der Waals surface area contributed by atoms with Crippen molar-refractivity contribution in [3.63, 3.8) is 0 Å². The number of ether oxygens (including phenoxy) is 2. The lowest BCUT2D eigenvalue weighted by molar-refractivity contribution is 0.171. The van der Waals surface area contributed by atoms with E-state index in [1.807, 2.05) is 17.4 Å². The topological polar surface area (TPSA) is 30.5 Å². The molecular weight excluding hydrogens is 282 g/mol. The van der Waals surface area contributed by atoms with Gasteiger partial charge in [-0.2, -0.15) is 0 Å². The van der Waals surface area contributed by atoms with Crippen LogP contribution in [0.2, 0.25) is 0 Å². The SMILES string of the molecule is Cc1cc(C(C)NCc2ccc3c(c2)OCCO3)c(C)s1. The molecule has 0 spiro atoms. The van der Waals surface area contributed by atoms with E-state index in [1.54, 1.807) is 0 Å². The molecular formula is C17H21NO2S. The Bertz CT molecular complexity index is 636. The Morgan fingerprint density at radius 3 is 2.62 bits per heavy atom. The van der Waals surface area contributed by atoms with Gasteiger partial charge in [0.15, 0.2) is 11.5 Å². The first-order chi connectivity index (χ1) is 10.1. The van der Waals surface area contributed by atoms with Gasteiger partial charge in [0.05, 0.1) is 0 Å². The third kappa shape index (κ3) is 3.22. The zero-order chi connectivity index (χ0) is 14.8. The highest BCUT2D eigenvalue weighted by atomic mass is 32.1. The van der Waals surface area contributed by atoms with Crippen LogP contribution in [0.15, 0.2) is 24.3 Å². The van der Waals surface area contributed by atoms with Gasteiger partial charge in [-0.3, -0.25) is 0 Å². The van der Waals surface area contributed by atoms with E-state index in [1.165, 1.54) is 20.9 Å². The van der Waals surface area contributed by atoms with Crippen LogP contribution in [0, 0.1) is 13.8 Å². The highest BCUT2D eigenvalue weighted by molar-refractivity contribution is 7.12. The van der Waals surface area contributed by atoms with E-state index in [-0.39, 0.29) is 0 Å². The first-order valence-electron chi connectivity index (χ1n) is 7.32. The van der Waals surface area contributed by atoms with E-state index in [0.29, 0.717) is 19.3 Å². The van der Waals surface area contributed by atoms with Crippen LogP contribution in [0.4, 0.5) is 0 Å². The molecule has 3 rings (SSSR count). The van der Waals surface area contributed by atoms with Gasteiger partial charge in [-0.15, -0.1) is 11.3 Å². The molecule has 0 radical (unpaired) electrons. The number of benzene rings is 1. The Balaban J connectivity index is 1.66. The highest BCUT2D eigenvalue weighted by Gasteiger charge is 2.13. The van der Waals surface area contributed by atoms with Gasteiger partial charge in [0.2, 0.25) is 0 Å². The van der Waals surface area contributed by atoms with Gasteiger partial charge in [0.1, 0.15) is 13.2 Å². The van der Waals surface area contributed by atoms with Crippen molar-refractivity contribution >= 4 is 11.3 Å². The van der Waals surface area contributed by atoms with Crippen LogP contribution < -0.4 is 14.8 Å². The lowest BCUT2D eigenvalue weighted by Crippen LogP contribution is -2.19. The highest BCUT2D eigenvalue weighted by Crippen LogP contribution is 2.31. The molecule has 1 aliphatic heterocycles. The number of thiophene rings is 1. The summed E-state index contributed by atoms with van der Waals surface area (Å²) < 4.78 is 11.2. The molecule has 112 valence electrons. The van der Waals surface area contributed by atoms with Gasteiger partial charge in [0.25, 0.3) is 0 Å². The van der Waals surface area contributed by atoms with Crippen molar-refractivity contribution in [3.8, 4) is 11.5 Å². The van der Waals surface area contributed by atoms with E-state index < -0.39 is 0 Å². The molecule has 0 amide bonds. The minimum absolute atomic E-state index is 0.350. The summed E-state index contributed by atoms with van der Waals surface area (Å²) in [7, 11) is 0. The van der Waals surface area contributed by atoms with Gasteiger partial charge in [-0.25, -0.2) is 0 Å². The van der Waals surface area contributed by atoms with Crippen molar-refractivity contribution in [1.82, 2.24) is 5.32 Å². The molecule has 1 aromatic carbocycles. The van der Waals surface area contributed by atoms with Crippen molar-refractivity contribution in [2.75, 3.05) is 13.2 Å². The maximum atomic E-state index is 5.63.